The minimum atomic E-state index is -0.254. The first kappa shape index (κ1) is 18.5. The highest BCUT2D eigenvalue weighted by atomic mass is 16.5. The zero-order valence-electron chi connectivity index (χ0n) is 15.7. The Kier molecular flexibility index (Phi) is 5.71. The van der Waals surface area contributed by atoms with Crippen LogP contribution < -0.4 is 15.4 Å². The zero-order chi connectivity index (χ0) is 19.2. The number of hydrogen-bond donors (Lipinski definition) is 2. The summed E-state index contributed by atoms with van der Waals surface area (Å²) >= 11 is 0. The molecule has 5 nitrogen and oxygen atoms in total. The van der Waals surface area contributed by atoms with E-state index in [1.165, 1.54) is 0 Å². The van der Waals surface area contributed by atoms with Gasteiger partial charge >= 0.3 is 0 Å². The molecule has 0 fully saturated rings. The molecule has 27 heavy (non-hydrogen) atoms. The zero-order valence-corrected chi connectivity index (χ0v) is 15.7. The van der Waals surface area contributed by atoms with E-state index < -0.39 is 0 Å². The van der Waals surface area contributed by atoms with Crippen molar-refractivity contribution in [1.29, 1.82) is 0 Å². The number of pyridine rings is 1. The number of hydrogen-bond acceptors (Lipinski definition) is 4. The van der Waals surface area contributed by atoms with Crippen molar-refractivity contribution in [3.05, 3.63) is 78.1 Å². The first-order valence-corrected chi connectivity index (χ1v) is 8.88. The smallest absolute Gasteiger partial charge is 0.274 e. The lowest BCUT2D eigenvalue weighted by Gasteiger charge is -2.15. The van der Waals surface area contributed by atoms with Crippen LogP contribution in [0, 0.1) is 6.92 Å². The molecule has 0 aliphatic heterocycles. The predicted octanol–water partition coefficient (Wildman–Crippen LogP) is 5.17. The van der Waals surface area contributed by atoms with Crippen LogP contribution in [0.5, 0.6) is 5.75 Å². The maximum Gasteiger partial charge on any atom is 0.274 e. The van der Waals surface area contributed by atoms with Gasteiger partial charge in [-0.05, 0) is 62.7 Å². The Hall–Kier alpha value is -3.34. The van der Waals surface area contributed by atoms with E-state index in [4.69, 9.17) is 4.74 Å². The fourth-order valence-electron chi connectivity index (χ4n) is 2.63. The molecule has 5 heteroatoms. The number of anilines is 3. The minimum Gasteiger partial charge on any atom is -0.489 e. The van der Waals surface area contributed by atoms with Crippen LogP contribution in [-0.4, -0.2) is 17.0 Å². The summed E-state index contributed by atoms with van der Waals surface area (Å²) in [5.41, 5.74) is 3.76. The molecule has 2 aromatic carbocycles. The Balaban J connectivity index is 1.77. The van der Waals surface area contributed by atoms with Gasteiger partial charge in [0.25, 0.3) is 5.91 Å². The second-order valence-corrected chi connectivity index (χ2v) is 6.54. The summed E-state index contributed by atoms with van der Waals surface area (Å²) in [6.07, 6.45) is 1.68. The van der Waals surface area contributed by atoms with Gasteiger partial charge in [0.15, 0.2) is 0 Å². The number of benzene rings is 2. The number of carbonyl (C=O) groups excluding carboxylic acids is 1. The number of rotatable bonds is 6. The minimum absolute atomic E-state index is 0.0704. The van der Waals surface area contributed by atoms with Gasteiger partial charge in [-0.15, -0.1) is 0 Å². The molecule has 1 amide bonds. The van der Waals surface area contributed by atoms with Crippen LogP contribution in [0.4, 0.5) is 17.1 Å². The Bertz CT molecular complexity index is 938. The largest absolute Gasteiger partial charge is 0.489 e. The molecular formula is C22H23N3O2. The van der Waals surface area contributed by atoms with Gasteiger partial charge in [0.05, 0.1) is 11.8 Å². The SMILES string of the molecule is Cc1cccc(NC(=O)c2cc(Nc3ccccc3OC(C)C)ccn2)c1. The Labute approximate surface area is 159 Å². The van der Waals surface area contributed by atoms with E-state index in [1.54, 1.807) is 12.3 Å². The van der Waals surface area contributed by atoms with Gasteiger partial charge in [-0.3, -0.25) is 9.78 Å². The third-order valence-corrected chi connectivity index (χ3v) is 3.80. The second-order valence-electron chi connectivity index (χ2n) is 6.54. The van der Waals surface area contributed by atoms with E-state index >= 15 is 0 Å². The summed E-state index contributed by atoms with van der Waals surface area (Å²) < 4.78 is 5.83. The highest BCUT2D eigenvalue weighted by Gasteiger charge is 2.10. The van der Waals surface area contributed by atoms with E-state index in [2.05, 4.69) is 15.6 Å². The number of aryl methyl sites for hydroxylation is 1. The standard InChI is InChI=1S/C22H23N3O2/c1-15(2)27-21-10-5-4-9-19(21)24-18-11-12-23-20(14-18)22(26)25-17-8-6-7-16(3)13-17/h4-15H,1-3H3,(H,23,24)(H,25,26). The molecule has 0 saturated heterocycles. The lowest BCUT2D eigenvalue weighted by atomic mass is 10.2. The van der Waals surface area contributed by atoms with Crippen LogP contribution in [0.1, 0.15) is 29.9 Å². The van der Waals surface area contributed by atoms with Crippen LogP contribution >= 0.6 is 0 Å². The summed E-state index contributed by atoms with van der Waals surface area (Å²) in [6.45, 7) is 5.95. The van der Waals surface area contributed by atoms with E-state index in [0.29, 0.717) is 5.69 Å². The molecule has 2 N–H and O–H groups in total. The lowest BCUT2D eigenvalue weighted by Crippen LogP contribution is -2.14. The van der Waals surface area contributed by atoms with E-state index in [9.17, 15) is 4.79 Å². The predicted molar refractivity (Wildman–Crippen MR) is 109 cm³/mol. The van der Waals surface area contributed by atoms with Crippen LogP contribution in [0.3, 0.4) is 0 Å². The maximum atomic E-state index is 12.5. The first-order valence-electron chi connectivity index (χ1n) is 8.88. The van der Waals surface area contributed by atoms with Gasteiger partial charge in [0.2, 0.25) is 0 Å². The fourth-order valence-corrected chi connectivity index (χ4v) is 2.63. The van der Waals surface area contributed by atoms with E-state index in [0.717, 1.165) is 28.4 Å². The van der Waals surface area contributed by atoms with Crippen molar-refractivity contribution >= 4 is 23.0 Å². The molecule has 0 unspecified atom stereocenters. The van der Waals surface area contributed by atoms with Gasteiger partial charge in [-0.25, -0.2) is 0 Å². The summed E-state index contributed by atoms with van der Waals surface area (Å²) in [6, 6.07) is 18.9. The summed E-state index contributed by atoms with van der Waals surface area (Å²) in [5.74, 6) is 0.506. The van der Waals surface area contributed by atoms with Crippen LogP contribution in [0.25, 0.3) is 0 Å². The number of amides is 1. The highest BCUT2D eigenvalue weighted by Crippen LogP contribution is 2.28. The molecular weight excluding hydrogens is 338 g/mol. The molecule has 0 radical (unpaired) electrons. The molecule has 1 heterocycles. The molecule has 138 valence electrons. The number of carbonyl (C=O) groups is 1. The van der Waals surface area contributed by atoms with Crippen LogP contribution in [-0.2, 0) is 0 Å². The molecule has 0 atom stereocenters. The van der Waals surface area contributed by atoms with Gasteiger partial charge in [0.1, 0.15) is 11.4 Å². The van der Waals surface area contributed by atoms with Crippen LogP contribution in [0.15, 0.2) is 66.9 Å². The normalized spacial score (nSPS) is 10.5. The first-order chi connectivity index (χ1) is 13.0. The number of nitrogens with zero attached hydrogens (tertiary/aromatic N) is 1. The van der Waals surface area contributed by atoms with E-state index in [-0.39, 0.29) is 12.0 Å². The van der Waals surface area contributed by atoms with Gasteiger partial charge in [0, 0.05) is 17.6 Å². The average molecular weight is 361 g/mol. The number of ether oxygens (including phenoxy) is 1. The van der Waals surface area contributed by atoms with Gasteiger partial charge in [-0.1, -0.05) is 24.3 Å². The van der Waals surface area contributed by atoms with Crippen molar-refractivity contribution in [2.75, 3.05) is 10.6 Å². The topological polar surface area (TPSA) is 63.2 Å². The molecule has 0 aliphatic carbocycles. The van der Waals surface area contributed by atoms with Crippen molar-refractivity contribution in [2.45, 2.75) is 26.9 Å². The average Bonchev–Trinajstić information content (AvgIpc) is 2.63. The van der Waals surface area contributed by atoms with Crippen molar-refractivity contribution in [1.82, 2.24) is 4.98 Å². The summed E-state index contributed by atoms with van der Waals surface area (Å²) in [7, 11) is 0. The Morgan fingerprint density at radius 1 is 1.00 bits per heavy atom. The lowest BCUT2D eigenvalue weighted by molar-refractivity contribution is 0.102. The van der Waals surface area contributed by atoms with Gasteiger partial charge in [-0.2, -0.15) is 0 Å². The second kappa shape index (κ2) is 8.36. The van der Waals surface area contributed by atoms with Crippen molar-refractivity contribution < 1.29 is 9.53 Å². The molecule has 0 spiro atoms. The monoisotopic (exact) mass is 361 g/mol. The number of para-hydroxylation sites is 2. The summed E-state index contributed by atoms with van der Waals surface area (Å²) in [5, 5.41) is 6.17. The third-order valence-electron chi connectivity index (χ3n) is 3.80. The molecule has 0 aliphatic rings. The van der Waals surface area contributed by atoms with Crippen LogP contribution in [0.2, 0.25) is 0 Å². The van der Waals surface area contributed by atoms with Crippen molar-refractivity contribution in [3.8, 4) is 5.75 Å². The molecule has 0 saturated carbocycles. The number of nitrogens with one attached hydrogen (secondary N) is 2. The quantitative estimate of drug-likeness (QED) is 0.635. The Morgan fingerprint density at radius 2 is 1.81 bits per heavy atom. The number of aromatic nitrogens is 1. The fraction of sp³-hybridized carbons (Fsp3) is 0.182. The van der Waals surface area contributed by atoms with Gasteiger partial charge < -0.3 is 15.4 Å². The third kappa shape index (κ3) is 5.07. The molecule has 3 rings (SSSR count). The van der Waals surface area contributed by atoms with Crippen molar-refractivity contribution in [3.63, 3.8) is 0 Å². The molecule has 0 bridgehead atoms. The Morgan fingerprint density at radius 3 is 2.59 bits per heavy atom. The van der Waals surface area contributed by atoms with Crippen molar-refractivity contribution in [2.24, 2.45) is 0 Å². The van der Waals surface area contributed by atoms with E-state index in [1.807, 2.05) is 75.4 Å². The highest BCUT2D eigenvalue weighted by molar-refractivity contribution is 6.03. The molecule has 1 aromatic heterocycles. The maximum absolute atomic E-state index is 12.5. The molecule has 3 aromatic rings. The summed E-state index contributed by atoms with van der Waals surface area (Å²) in [4.78, 5) is 16.7.